The fourth-order valence-electron chi connectivity index (χ4n) is 6.15. The fraction of sp³-hybridized carbons (Fsp3) is 0.0238. The minimum atomic E-state index is -0.343. The molecule has 5 aromatic carbocycles. The van der Waals surface area contributed by atoms with Gasteiger partial charge in [0, 0.05) is 33.8 Å². The molecule has 5 nitrogen and oxygen atoms in total. The lowest BCUT2D eigenvalue weighted by Gasteiger charge is -2.12. The van der Waals surface area contributed by atoms with Gasteiger partial charge in [-0.15, -0.1) is 0 Å². The molecule has 0 fully saturated rings. The van der Waals surface area contributed by atoms with Crippen LogP contribution in [0.2, 0.25) is 0 Å². The van der Waals surface area contributed by atoms with Gasteiger partial charge < -0.3 is 4.42 Å². The summed E-state index contributed by atoms with van der Waals surface area (Å²) in [5.41, 5.74) is 11.0. The highest BCUT2D eigenvalue weighted by Crippen LogP contribution is 2.37. The third kappa shape index (κ3) is 5.34. The zero-order valence-electron chi connectivity index (χ0n) is 25.7. The van der Waals surface area contributed by atoms with Crippen molar-refractivity contribution in [3.63, 3.8) is 0 Å². The van der Waals surface area contributed by atoms with E-state index in [0.29, 0.717) is 11.1 Å². The van der Waals surface area contributed by atoms with Gasteiger partial charge in [-0.2, -0.15) is 5.10 Å². The van der Waals surface area contributed by atoms with Crippen molar-refractivity contribution >= 4 is 11.0 Å². The summed E-state index contributed by atoms with van der Waals surface area (Å²) in [6, 6.07) is 50.5. The zero-order valence-corrected chi connectivity index (χ0v) is 25.7. The highest BCUT2D eigenvalue weighted by atomic mass is 16.4. The molecule has 0 aliphatic rings. The van der Waals surface area contributed by atoms with Crippen LogP contribution in [0.25, 0.3) is 72.7 Å². The Bertz CT molecular complexity index is 2420. The highest BCUT2D eigenvalue weighted by Gasteiger charge is 2.19. The van der Waals surface area contributed by atoms with Crippen molar-refractivity contribution in [2.45, 2.75) is 6.92 Å². The summed E-state index contributed by atoms with van der Waals surface area (Å²) in [5.74, 6) is 0. The van der Waals surface area contributed by atoms with Gasteiger partial charge in [-0.1, -0.05) is 109 Å². The number of pyridine rings is 1. The van der Waals surface area contributed by atoms with Crippen LogP contribution in [0.3, 0.4) is 0 Å². The number of rotatable bonds is 6. The molecule has 8 aromatic rings. The first kappa shape index (κ1) is 28.2. The van der Waals surface area contributed by atoms with Crippen LogP contribution in [0.5, 0.6) is 0 Å². The molecule has 47 heavy (non-hydrogen) atoms. The van der Waals surface area contributed by atoms with Crippen LogP contribution in [0.1, 0.15) is 5.56 Å². The summed E-state index contributed by atoms with van der Waals surface area (Å²) >= 11 is 0. The van der Waals surface area contributed by atoms with Gasteiger partial charge >= 0.3 is 5.63 Å². The van der Waals surface area contributed by atoms with Crippen LogP contribution in [0.15, 0.2) is 167 Å². The van der Waals surface area contributed by atoms with Crippen molar-refractivity contribution in [1.29, 1.82) is 0 Å². The largest absolute Gasteiger partial charge is 0.422 e. The van der Waals surface area contributed by atoms with Crippen molar-refractivity contribution in [2.24, 2.45) is 0 Å². The predicted molar refractivity (Wildman–Crippen MR) is 189 cm³/mol. The molecule has 0 saturated heterocycles. The molecule has 0 aliphatic heterocycles. The highest BCUT2D eigenvalue weighted by molar-refractivity contribution is 5.91. The quantitative estimate of drug-likeness (QED) is 0.177. The number of benzene rings is 5. The molecule has 0 radical (unpaired) electrons. The van der Waals surface area contributed by atoms with Gasteiger partial charge in [-0.25, -0.2) is 14.5 Å². The molecule has 0 spiro atoms. The molecule has 0 N–H and O–H groups in total. The Labute approximate surface area is 272 Å². The monoisotopic (exact) mass is 607 g/mol. The number of fused-ring (bicyclic) bond motifs is 1. The van der Waals surface area contributed by atoms with E-state index in [1.165, 1.54) is 0 Å². The molecular weight excluding hydrogens is 578 g/mol. The second-order valence-corrected chi connectivity index (χ2v) is 11.5. The molecule has 0 atom stereocenters. The van der Waals surface area contributed by atoms with E-state index in [-0.39, 0.29) is 5.63 Å². The van der Waals surface area contributed by atoms with Crippen LogP contribution < -0.4 is 5.63 Å². The molecule has 0 amide bonds. The molecule has 8 rings (SSSR count). The van der Waals surface area contributed by atoms with Crippen molar-refractivity contribution in [2.75, 3.05) is 0 Å². The summed E-state index contributed by atoms with van der Waals surface area (Å²) in [6.45, 7) is 1.98. The number of nitrogens with zero attached hydrogens (tertiary/aromatic N) is 3. The van der Waals surface area contributed by atoms with Gasteiger partial charge in [-0.3, -0.25) is 0 Å². The number of hydrogen-bond acceptors (Lipinski definition) is 4. The van der Waals surface area contributed by atoms with E-state index in [1.807, 2.05) is 109 Å². The first-order valence-electron chi connectivity index (χ1n) is 15.5. The first-order chi connectivity index (χ1) is 23.1. The zero-order chi connectivity index (χ0) is 31.7. The topological polar surface area (TPSA) is 60.9 Å². The Morgan fingerprint density at radius 3 is 1.81 bits per heavy atom. The Morgan fingerprint density at radius 1 is 0.574 bits per heavy atom. The van der Waals surface area contributed by atoms with E-state index in [2.05, 4.69) is 60.8 Å². The van der Waals surface area contributed by atoms with Crippen LogP contribution >= 0.6 is 0 Å². The van der Waals surface area contributed by atoms with Gasteiger partial charge in [0.1, 0.15) is 11.3 Å². The van der Waals surface area contributed by atoms with Crippen molar-refractivity contribution in [3.05, 3.63) is 174 Å². The van der Waals surface area contributed by atoms with E-state index < -0.39 is 0 Å². The van der Waals surface area contributed by atoms with Crippen molar-refractivity contribution < 1.29 is 4.42 Å². The molecule has 224 valence electrons. The average Bonchev–Trinajstić information content (AvgIpc) is 3.59. The molecule has 0 bridgehead atoms. The van der Waals surface area contributed by atoms with E-state index in [0.717, 1.165) is 67.1 Å². The maximum atomic E-state index is 13.1. The molecule has 5 heteroatoms. The normalized spacial score (nSPS) is 11.2. The van der Waals surface area contributed by atoms with Crippen molar-refractivity contribution in [1.82, 2.24) is 14.8 Å². The van der Waals surface area contributed by atoms with Crippen LogP contribution in [0, 0.1) is 6.92 Å². The minimum Gasteiger partial charge on any atom is -0.422 e. The predicted octanol–water partition coefficient (Wildman–Crippen LogP) is 10.0. The van der Waals surface area contributed by atoms with E-state index in [1.54, 1.807) is 0 Å². The second-order valence-electron chi connectivity index (χ2n) is 11.5. The Kier molecular flexibility index (Phi) is 7.12. The summed E-state index contributed by atoms with van der Waals surface area (Å²) in [7, 11) is 0. The van der Waals surface area contributed by atoms with Crippen LogP contribution in [-0.2, 0) is 0 Å². The van der Waals surface area contributed by atoms with E-state index >= 15 is 0 Å². The van der Waals surface area contributed by atoms with Gasteiger partial charge in [0.15, 0.2) is 0 Å². The third-order valence-electron chi connectivity index (χ3n) is 8.51. The molecule has 3 heterocycles. The van der Waals surface area contributed by atoms with Gasteiger partial charge in [-0.05, 0) is 66.1 Å². The fourth-order valence-corrected chi connectivity index (χ4v) is 6.15. The van der Waals surface area contributed by atoms with E-state index in [9.17, 15) is 4.79 Å². The third-order valence-corrected chi connectivity index (χ3v) is 8.51. The Balaban J connectivity index is 1.35. The van der Waals surface area contributed by atoms with Crippen LogP contribution in [-0.4, -0.2) is 14.8 Å². The lowest BCUT2D eigenvalue weighted by Crippen LogP contribution is -2.06. The Hall–Kier alpha value is -6.33. The smallest absolute Gasteiger partial charge is 0.344 e. The maximum Gasteiger partial charge on any atom is 0.344 e. The number of aryl methyl sites for hydroxylation is 1. The summed E-state index contributed by atoms with van der Waals surface area (Å²) in [4.78, 5) is 18.3. The number of para-hydroxylation sites is 1. The number of hydrogen-bond donors (Lipinski definition) is 0. The first-order valence-corrected chi connectivity index (χ1v) is 15.5. The molecule has 0 saturated carbocycles. The SMILES string of the molecule is Cc1c(-c2ccccc2)c(=O)oc2ccc(-c3cc(-c4cn(-c5ccccc5)nc4-c4ccccc4)cc(-c4ccccc4)n3)cc12. The average molecular weight is 608 g/mol. The molecule has 3 aromatic heterocycles. The van der Waals surface area contributed by atoms with Crippen molar-refractivity contribution in [3.8, 4) is 61.7 Å². The van der Waals surface area contributed by atoms with Gasteiger partial charge in [0.2, 0.25) is 0 Å². The standard InChI is InChI=1S/C42H29N3O2/c1-28-35-24-32(22-23-39(35)47-42(46)40(28)30-16-8-3-9-17-30)38-26-33(25-37(43-38)29-14-6-2-7-15-29)36-27-45(34-20-12-5-13-21-34)44-41(36)31-18-10-4-11-19-31/h2-27H,1H3. The summed E-state index contributed by atoms with van der Waals surface area (Å²) in [6.07, 6.45) is 2.09. The maximum absolute atomic E-state index is 13.1. The summed E-state index contributed by atoms with van der Waals surface area (Å²) in [5, 5.41) is 5.96. The van der Waals surface area contributed by atoms with E-state index in [4.69, 9.17) is 14.5 Å². The van der Waals surface area contributed by atoms with Gasteiger partial charge in [0.05, 0.1) is 22.6 Å². The molecule has 0 aliphatic carbocycles. The lowest BCUT2D eigenvalue weighted by atomic mass is 9.96. The van der Waals surface area contributed by atoms with Crippen LogP contribution in [0.4, 0.5) is 0 Å². The van der Waals surface area contributed by atoms with Gasteiger partial charge in [0.25, 0.3) is 0 Å². The lowest BCUT2D eigenvalue weighted by molar-refractivity contribution is 0.562. The minimum absolute atomic E-state index is 0.343. The summed E-state index contributed by atoms with van der Waals surface area (Å²) < 4.78 is 7.76. The number of aromatic nitrogens is 3. The molecular formula is C42H29N3O2. The molecule has 0 unspecified atom stereocenters. The Morgan fingerprint density at radius 2 is 1.15 bits per heavy atom. The second kappa shape index (κ2) is 11.9.